The molecule has 0 radical (unpaired) electrons. The molecule has 0 amide bonds. The first kappa shape index (κ1) is 13.4. The van der Waals surface area contributed by atoms with Crippen molar-refractivity contribution >= 4 is 0 Å². The second-order valence-corrected chi connectivity index (χ2v) is 5.20. The standard InChI is InChI=1S/C15H23NO2/c1-18-14-7-5-6-13(10-14)11-16-15(12-17)8-3-2-4-9-15/h5-7,10,16-17H,2-4,8-9,11-12H2,1H3. The van der Waals surface area contributed by atoms with E-state index in [0.29, 0.717) is 0 Å². The van der Waals surface area contributed by atoms with Crippen LogP contribution in [0, 0.1) is 0 Å². The fraction of sp³-hybridized carbons (Fsp3) is 0.600. The third-order valence-electron chi connectivity index (χ3n) is 3.91. The number of hydrogen-bond acceptors (Lipinski definition) is 3. The molecule has 0 aromatic heterocycles. The van der Waals surface area contributed by atoms with Crippen molar-refractivity contribution in [2.45, 2.75) is 44.2 Å². The second kappa shape index (κ2) is 6.21. The quantitative estimate of drug-likeness (QED) is 0.842. The van der Waals surface area contributed by atoms with E-state index in [2.05, 4.69) is 11.4 Å². The zero-order valence-electron chi connectivity index (χ0n) is 11.1. The van der Waals surface area contributed by atoms with Crippen molar-refractivity contribution in [2.75, 3.05) is 13.7 Å². The lowest BCUT2D eigenvalue weighted by molar-refractivity contribution is 0.119. The summed E-state index contributed by atoms with van der Waals surface area (Å²) in [5.74, 6) is 0.885. The number of rotatable bonds is 5. The summed E-state index contributed by atoms with van der Waals surface area (Å²) < 4.78 is 5.22. The van der Waals surface area contributed by atoms with Crippen molar-refractivity contribution < 1.29 is 9.84 Å². The Hall–Kier alpha value is -1.06. The molecule has 3 heteroatoms. The van der Waals surface area contributed by atoms with Crippen LogP contribution in [0.5, 0.6) is 5.75 Å². The molecule has 0 saturated heterocycles. The number of aliphatic hydroxyl groups is 1. The average molecular weight is 249 g/mol. The van der Waals surface area contributed by atoms with Crippen LogP contribution in [0.2, 0.25) is 0 Å². The molecule has 1 aromatic rings. The van der Waals surface area contributed by atoms with Crippen LogP contribution in [0.25, 0.3) is 0 Å². The molecule has 0 atom stereocenters. The Morgan fingerprint density at radius 1 is 1.28 bits per heavy atom. The van der Waals surface area contributed by atoms with Gasteiger partial charge in [0, 0.05) is 12.1 Å². The molecule has 1 aliphatic rings. The van der Waals surface area contributed by atoms with Crippen molar-refractivity contribution in [3.05, 3.63) is 29.8 Å². The zero-order chi connectivity index (χ0) is 12.8. The van der Waals surface area contributed by atoms with E-state index in [4.69, 9.17) is 4.74 Å². The summed E-state index contributed by atoms with van der Waals surface area (Å²) in [7, 11) is 1.68. The second-order valence-electron chi connectivity index (χ2n) is 5.20. The van der Waals surface area contributed by atoms with Gasteiger partial charge in [0.15, 0.2) is 0 Å². The van der Waals surface area contributed by atoms with Crippen LogP contribution >= 0.6 is 0 Å². The van der Waals surface area contributed by atoms with Crippen LogP contribution in [-0.4, -0.2) is 24.4 Å². The summed E-state index contributed by atoms with van der Waals surface area (Å²) >= 11 is 0. The van der Waals surface area contributed by atoms with Gasteiger partial charge >= 0.3 is 0 Å². The van der Waals surface area contributed by atoms with Crippen molar-refractivity contribution in [3.8, 4) is 5.75 Å². The number of benzene rings is 1. The molecular weight excluding hydrogens is 226 g/mol. The van der Waals surface area contributed by atoms with Gasteiger partial charge in [-0.25, -0.2) is 0 Å². The highest BCUT2D eigenvalue weighted by Crippen LogP contribution is 2.28. The predicted molar refractivity (Wildman–Crippen MR) is 72.7 cm³/mol. The summed E-state index contributed by atoms with van der Waals surface area (Å²) in [6, 6.07) is 8.08. The maximum atomic E-state index is 9.63. The van der Waals surface area contributed by atoms with Crippen molar-refractivity contribution in [2.24, 2.45) is 0 Å². The third kappa shape index (κ3) is 3.24. The Bertz CT molecular complexity index is 373. The molecule has 0 spiro atoms. The monoisotopic (exact) mass is 249 g/mol. The summed E-state index contributed by atoms with van der Waals surface area (Å²) in [5.41, 5.74) is 1.13. The Labute approximate surface area is 109 Å². The maximum absolute atomic E-state index is 9.63. The summed E-state index contributed by atoms with van der Waals surface area (Å²) in [4.78, 5) is 0. The topological polar surface area (TPSA) is 41.5 Å². The molecule has 0 aliphatic heterocycles. The predicted octanol–water partition coefficient (Wildman–Crippen LogP) is 2.48. The molecule has 3 nitrogen and oxygen atoms in total. The molecule has 2 N–H and O–H groups in total. The molecule has 0 heterocycles. The lowest BCUT2D eigenvalue weighted by Gasteiger charge is -2.36. The number of methoxy groups -OCH3 is 1. The third-order valence-corrected chi connectivity index (χ3v) is 3.91. The highest BCUT2D eigenvalue weighted by molar-refractivity contribution is 5.28. The van der Waals surface area contributed by atoms with E-state index in [-0.39, 0.29) is 12.1 Å². The van der Waals surface area contributed by atoms with Crippen LogP contribution in [0.15, 0.2) is 24.3 Å². The van der Waals surface area contributed by atoms with E-state index in [1.165, 1.54) is 24.8 Å². The van der Waals surface area contributed by atoms with E-state index in [1.54, 1.807) is 7.11 Å². The summed E-state index contributed by atoms with van der Waals surface area (Å²) in [6.07, 6.45) is 5.88. The van der Waals surface area contributed by atoms with Gasteiger partial charge in [-0.15, -0.1) is 0 Å². The lowest BCUT2D eigenvalue weighted by atomic mass is 9.82. The van der Waals surface area contributed by atoms with Gasteiger partial charge in [-0.2, -0.15) is 0 Å². The van der Waals surface area contributed by atoms with Gasteiger partial charge in [0.2, 0.25) is 0 Å². The first-order valence-corrected chi connectivity index (χ1v) is 6.77. The normalized spacial score (nSPS) is 18.6. The Kier molecular flexibility index (Phi) is 4.61. The van der Waals surface area contributed by atoms with Crippen LogP contribution in [0.1, 0.15) is 37.7 Å². The first-order valence-electron chi connectivity index (χ1n) is 6.77. The van der Waals surface area contributed by atoms with Crippen LogP contribution in [0.3, 0.4) is 0 Å². The highest BCUT2D eigenvalue weighted by Gasteiger charge is 2.30. The van der Waals surface area contributed by atoms with Gasteiger partial charge < -0.3 is 15.2 Å². The van der Waals surface area contributed by atoms with Gasteiger partial charge in [-0.05, 0) is 30.5 Å². The lowest BCUT2D eigenvalue weighted by Crippen LogP contribution is -2.49. The molecule has 100 valence electrons. The average Bonchev–Trinajstić information content (AvgIpc) is 2.46. The van der Waals surface area contributed by atoms with Gasteiger partial charge in [0.05, 0.1) is 13.7 Å². The van der Waals surface area contributed by atoms with E-state index in [1.807, 2.05) is 18.2 Å². The fourth-order valence-electron chi connectivity index (χ4n) is 2.69. The van der Waals surface area contributed by atoms with E-state index >= 15 is 0 Å². The minimum absolute atomic E-state index is 0.0681. The van der Waals surface area contributed by atoms with Gasteiger partial charge in [0.1, 0.15) is 5.75 Å². The number of aliphatic hydroxyl groups excluding tert-OH is 1. The fourth-order valence-corrected chi connectivity index (χ4v) is 2.69. The smallest absolute Gasteiger partial charge is 0.119 e. The van der Waals surface area contributed by atoms with Crippen LogP contribution < -0.4 is 10.1 Å². The maximum Gasteiger partial charge on any atom is 0.119 e. The SMILES string of the molecule is COc1cccc(CNC2(CO)CCCCC2)c1. The van der Waals surface area contributed by atoms with Crippen LogP contribution in [-0.2, 0) is 6.54 Å². The van der Waals surface area contributed by atoms with E-state index < -0.39 is 0 Å². The van der Waals surface area contributed by atoms with E-state index in [9.17, 15) is 5.11 Å². The zero-order valence-corrected chi connectivity index (χ0v) is 11.1. The Morgan fingerprint density at radius 3 is 2.72 bits per heavy atom. The van der Waals surface area contributed by atoms with Crippen molar-refractivity contribution in [1.29, 1.82) is 0 Å². The largest absolute Gasteiger partial charge is 0.497 e. The summed E-state index contributed by atoms with van der Waals surface area (Å²) in [6.45, 7) is 1.02. The van der Waals surface area contributed by atoms with Gasteiger partial charge in [-0.1, -0.05) is 31.4 Å². The van der Waals surface area contributed by atoms with Crippen molar-refractivity contribution in [1.82, 2.24) is 5.32 Å². The minimum Gasteiger partial charge on any atom is -0.497 e. The molecule has 1 aromatic carbocycles. The minimum atomic E-state index is -0.0681. The molecule has 1 aliphatic carbocycles. The van der Waals surface area contributed by atoms with Crippen molar-refractivity contribution in [3.63, 3.8) is 0 Å². The molecule has 1 fully saturated rings. The first-order chi connectivity index (χ1) is 8.78. The molecule has 0 bridgehead atoms. The van der Waals surface area contributed by atoms with Gasteiger partial charge in [-0.3, -0.25) is 0 Å². The molecule has 18 heavy (non-hydrogen) atoms. The Balaban J connectivity index is 1.96. The number of ether oxygens (including phenoxy) is 1. The highest BCUT2D eigenvalue weighted by atomic mass is 16.5. The van der Waals surface area contributed by atoms with Crippen LogP contribution in [0.4, 0.5) is 0 Å². The molecule has 0 unspecified atom stereocenters. The Morgan fingerprint density at radius 2 is 2.06 bits per heavy atom. The summed E-state index contributed by atoms with van der Waals surface area (Å²) in [5, 5.41) is 13.2. The molecular formula is C15H23NO2. The number of hydrogen-bond donors (Lipinski definition) is 2. The van der Waals surface area contributed by atoms with Gasteiger partial charge in [0.25, 0.3) is 0 Å². The number of nitrogens with one attached hydrogen (secondary N) is 1. The molecule has 2 rings (SSSR count). The molecule has 1 saturated carbocycles. The van der Waals surface area contributed by atoms with E-state index in [0.717, 1.165) is 25.1 Å².